The predicted molar refractivity (Wildman–Crippen MR) is 67.0 cm³/mol. The zero-order valence-electron chi connectivity index (χ0n) is 9.64. The molecule has 0 unspecified atom stereocenters. The summed E-state index contributed by atoms with van der Waals surface area (Å²) in [5, 5.41) is 29.7. The molecule has 2 heterocycles. The lowest BCUT2D eigenvalue weighted by Gasteiger charge is -2.02. The lowest BCUT2D eigenvalue weighted by Crippen LogP contribution is -1.96. The van der Waals surface area contributed by atoms with Crippen molar-refractivity contribution in [3.63, 3.8) is 0 Å². The highest BCUT2D eigenvalue weighted by atomic mass is 32.1. The molecule has 0 saturated heterocycles. The van der Waals surface area contributed by atoms with Gasteiger partial charge < -0.3 is 9.84 Å². The molecule has 0 aliphatic rings. The van der Waals surface area contributed by atoms with Gasteiger partial charge in [-0.15, -0.1) is 11.3 Å². The standard InChI is InChI=1S/C11H5N3O5S/c12-3-6-1-8(14(17)18)10(13-4-6)19-7-2-9(11(15)16)20-5-7/h1-2,4-5H,(H,15,16). The molecule has 0 amide bonds. The number of aromatic carboxylic acids is 1. The Bertz CT molecular complexity index is 734. The van der Waals surface area contributed by atoms with Gasteiger partial charge in [-0.2, -0.15) is 5.26 Å². The van der Waals surface area contributed by atoms with Crippen molar-refractivity contribution in [1.82, 2.24) is 4.98 Å². The molecular formula is C11H5N3O5S. The quantitative estimate of drug-likeness (QED) is 0.676. The normalized spacial score (nSPS) is 9.75. The topological polar surface area (TPSA) is 126 Å². The van der Waals surface area contributed by atoms with E-state index in [0.29, 0.717) is 0 Å². The van der Waals surface area contributed by atoms with Crippen molar-refractivity contribution in [2.75, 3.05) is 0 Å². The molecule has 8 nitrogen and oxygen atoms in total. The summed E-state index contributed by atoms with van der Waals surface area (Å²) in [7, 11) is 0. The smallest absolute Gasteiger partial charge is 0.346 e. The van der Waals surface area contributed by atoms with Gasteiger partial charge in [0.05, 0.1) is 10.5 Å². The van der Waals surface area contributed by atoms with Gasteiger partial charge in [-0.05, 0) is 0 Å². The number of carboxylic acid groups (broad SMARTS) is 1. The Morgan fingerprint density at radius 3 is 2.85 bits per heavy atom. The number of hydrogen-bond acceptors (Lipinski definition) is 7. The summed E-state index contributed by atoms with van der Waals surface area (Å²) in [5.41, 5.74) is -0.437. The van der Waals surface area contributed by atoms with E-state index in [2.05, 4.69) is 4.98 Å². The summed E-state index contributed by atoms with van der Waals surface area (Å²) in [6.07, 6.45) is 1.13. The fourth-order valence-electron chi connectivity index (χ4n) is 1.31. The molecule has 2 aromatic heterocycles. The zero-order valence-corrected chi connectivity index (χ0v) is 10.5. The molecule has 0 aromatic carbocycles. The lowest BCUT2D eigenvalue weighted by atomic mass is 10.3. The molecule has 0 saturated carbocycles. The molecule has 2 aromatic rings. The number of nitrogens with zero attached hydrogens (tertiary/aromatic N) is 3. The van der Waals surface area contributed by atoms with Gasteiger partial charge >= 0.3 is 11.7 Å². The van der Waals surface area contributed by atoms with Gasteiger partial charge in [-0.1, -0.05) is 0 Å². The molecule has 0 atom stereocenters. The van der Waals surface area contributed by atoms with E-state index in [0.717, 1.165) is 23.6 Å². The Hall–Kier alpha value is -2.99. The first-order valence-electron chi connectivity index (χ1n) is 5.05. The molecular weight excluding hydrogens is 286 g/mol. The van der Waals surface area contributed by atoms with E-state index >= 15 is 0 Å². The van der Waals surface area contributed by atoms with Crippen LogP contribution in [0.15, 0.2) is 23.7 Å². The highest BCUT2D eigenvalue weighted by Gasteiger charge is 2.19. The van der Waals surface area contributed by atoms with Crippen molar-refractivity contribution in [1.29, 1.82) is 5.26 Å². The predicted octanol–water partition coefficient (Wildman–Crippen LogP) is 2.41. The summed E-state index contributed by atoms with van der Waals surface area (Å²) >= 11 is 0.924. The molecule has 100 valence electrons. The summed E-state index contributed by atoms with van der Waals surface area (Å²) in [6, 6.07) is 4.00. The third-order valence-corrected chi connectivity index (χ3v) is 3.06. The second-order valence-electron chi connectivity index (χ2n) is 3.47. The number of nitriles is 1. The van der Waals surface area contributed by atoms with Crippen molar-refractivity contribution in [2.45, 2.75) is 0 Å². The molecule has 0 bridgehead atoms. The van der Waals surface area contributed by atoms with Crippen molar-refractivity contribution in [3.05, 3.63) is 44.3 Å². The minimum atomic E-state index is -1.12. The number of aromatic nitrogens is 1. The van der Waals surface area contributed by atoms with E-state index < -0.39 is 16.6 Å². The summed E-state index contributed by atoms with van der Waals surface area (Å²) < 4.78 is 5.19. The zero-order chi connectivity index (χ0) is 14.7. The van der Waals surface area contributed by atoms with Gasteiger partial charge in [0.15, 0.2) is 0 Å². The molecule has 0 radical (unpaired) electrons. The molecule has 1 N–H and O–H groups in total. The van der Waals surface area contributed by atoms with Gasteiger partial charge in [-0.3, -0.25) is 10.1 Å². The first-order valence-corrected chi connectivity index (χ1v) is 5.93. The maximum atomic E-state index is 10.9. The van der Waals surface area contributed by atoms with Crippen molar-refractivity contribution >= 4 is 23.0 Å². The van der Waals surface area contributed by atoms with Crippen LogP contribution in [-0.4, -0.2) is 21.0 Å². The van der Waals surface area contributed by atoms with Crippen LogP contribution in [0, 0.1) is 21.4 Å². The Morgan fingerprint density at radius 1 is 1.55 bits per heavy atom. The fourth-order valence-corrected chi connectivity index (χ4v) is 1.95. The highest BCUT2D eigenvalue weighted by molar-refractivity contribution is 7.12. The average Bonchev–Trinajstić information content (AvgIpc) is 2.87. The largest absolute Gasteiger partial charge is 0.477 e. The first-order chi connectivity index (χ1) is 9.51. The molecule has 0 aliphatic carbocycles. The van der Waals surface area contributed by atoms with Crippen molar-refractivity contribution in [3.8, 4) is 17.7 Å². The van der Waals surface area contributed by atoms with E-state index in [1.807, 2.05) is 0 Å². The fraction of sp³-hybridized carbons (Fsp3) is 0. The number of hydrogen-bond donors (Lipinski definition) is 1. The minimum Gasteiger partial charge on any atom is -0.477 e. The van der Waals surface area contributed by atoms with Crippen LogP contribution < -0.4 is 4.74 Å². The third-order valence-electron chi connectivity index (χ3n) is 2.16. The Morgan fingerprint density at radius 2 is 2.30 bits per heavy atom. The van der Waals surface area contributed by atoms with Crippen LogP contribution in [0.5, 0.6) is 11.6 Å². The van der Waals surface area contributed by atoms with E-state index in [9.17, 15) is 14.9 Å². The maximum Gasteiger partial charge on any atom is 0.346 e. The molecule has 0 aliphatic heterocycles. The second kappa shape index (κ2) is 5.33. The molecule has 9 heteroatoms. The first kappa shape index (κ1) is 13.4. The second-order valence-corrected chi connectivity index (χ2v) is 4.38. The van der Waals surface area contributed by atoms with Crippen LogP contribution >= 0.6 is 11.3 Å². The Balaban J connectivity index is 2.35. The number of rotatable bonds is 4. The summed E-state index contributed by atoms with van der Waals surface area (Å²) in [5.74, 6) is -1.29. The van der Waals surface area contributed by atoms with Crippen LogP contribution in [0.1, 0.15) is 15.2 Å². The molecule has 0 spiro atoms. The van der Waals surface area contributed by atoms with Gasteiger partial charge in [0.25, 0.3) is 5.88 Å². The van der Waals surface area contributed by atoms with Crippen LogP contribution in [0.4, 0.5) is 5.69 Å². The van der Waals surface area contributed by atoms with Crippen molar-refractivity contribution < 1.29 is 19.6 Å². The average molecular weight is 291 g/mol. The number of pyridine rings is 1. The van der Waals surface area contributed by atoms with Gasteiger partial charge in [0.1, 0.15) is 16.7 Å². The summed E-state index contributed by atoms with van der Waals surface area (Å²) in [4.78, 5) is 24.6. The number of thiophene rings is 1. The van der Waals surface area contributed by atoms with E-state index in [-0.39, 0.29) is 22.1 Å². The third kappa shape index (κ3) is 2.70. The number of ether oxygens (including phenoxy) is 1. The number of nitro groups is 1. The van der Waals surface area contributed by atoms with Gasteiger partial charge in [0, 0.05) is 23.7 Å². The maximum absolute atomic E-state index is 10.9. The molecule has 2 rings (SSSR count). The summed E-state index contributed by atoms with van der Waals surface area (Å²) in [6.45, 7) is 0. The van der Waals surface area contributed by atoms with Crippen LogP contribution in [0.25, 0.3) is 0 Å². The Kier molecular flexibility index (Phi) is 3.58. The van der Waals surface area contributed by atoms with E-state index in [1.165, 1.54) is 11.4 Å². The number of carbonyl (C=O) groups is 1. The minimum absolute atomic E-state index is 0.0283. The lowest BCUT2D eigenvalue weighted by molar-refractivity contribution is -0.386. The van der Waals surface area contributed by atoms with Gasteiger partial charge in [-0.25, -0.2) is 9.78 Å². The van der Waals surface area contributed by atoms with E-state index in [4.69, 9.17) is 15.1 Å². The van der Waals surface area contributed by atoms with Crippen LogP contribution in [0.2, 0.25) is 0 Å². The molecule has 0 fully saturated rings. The Labute approximate surface area is 115 Å². The highest BCUT2D eigenvalue weighted by Crippen LogP contribution is 2.32. The molecule has 20 heavy (non-hydrogen) atoms. The van der Waals surface area contributed by atoms with Crippen LogP contribution in [-0.2, 0) is 0 Å². The SMILES string of the molecule is N#Cc1cnc(Oc2csc(C(=O)O)c2)c([N+](=O)[O-])c1. The number of carboxylic acids is 1. The van der Waals surface area contributed by atoms with E-state index in [1.54, 1.807) is 6.07 Å². The van der Waals surface area contributed by atoms with Crippen molar-refractivity contribution in [2.24, 2.45) is 0 Å². The van der Waals surface area contributed by atoms with Gasteiger partial charge in [0.2, 0.25) is 0 Å². The monoisotopic (exact) mass is 291 g/mol. The van der Waals surface area contributed by atoms with Crippen LogP contribution in [0.3, 0.4) is 0 Å².